The first-order valence-electron chi connectivity index (χ1n) is 4.55. The lowest BCUT2D eigenvalue weighted by Crippen LogP contribution is -1.95. The molecule has 17 heavy (non-hydrogen) atoms. The maximum atomic E-state index is 5.90. The zero-order valence-corrected chi connectivity index (χ0v) is 10.9. The van der Waals surface area contributed by atoms with Crippen LogP contribution in [-0.2, 0) is 0 Å². The number of aromatic nitrogens is 3. The lowest BCUT2D eigenvalue weighted by molar-refractivity contribution is 0.439. The normalized spacial score (nSPS) is 10.4. The van der Waals surface area contributed by atoms with Gasteiger partial charge >= 0.3 is 6.01 Å². The number of hydrogen-bond donors (Lipinski definition) is 0. The summed E-state index contributed by atoms with van der Waals surface area (Å²) in [6, 6.07) is 5.21. The minimum atomic E-state index is -0.0225. The molecule has 88 valence electrons. The summed E-state index contributed by atoms with van der Waals surface area (Å²) >= 11 is 17.1. The van der Waals surface area contributed by atoms with E-state index >= 15 is 0 Å². The molecule has 0 N–H and O–H groups in total. The van der Waals surface area contributed by atoms with Crippen LogP contribution in [0.4, 0.5) is 0 Å². The average molecular weight is 291 g/mol. The minimum absolute atomic E-state index is 0.0225. The molecular formula is C10H6Cl3N3O. The molecule has 0 bridgehead atoms. The molecule has 1 aromatic carbocycles. The van der Waals surface area contributed by atoms with Gasteiger partial charge in [-0.25, -0.2) is 0 Å². The predicted molar refractivity (Wildman–Crippen MR) is 66.1 cm³/mol. The van der Waals surface area contributed by atoms with Crippen LogP contribution in [0.25, 0.3) is 0 Å². The van der Waals surface area contributed by atoms with Crippen molar-refractivity contribution in [3.63, 3.8) is 0 Å². The zero-order valence-electron chi connectivity index (χ0n) is 8.62. The molecule has 0 saturated carbocycles. The number of ether oxygens (including phenoxy) is 1. The summed E-state index contributed by atoms with van der Waals surface area (Å²) in [6.07, 6.45) is 0. The molecule has 0 radical (unpaired) electrons. The Labute approximate surface area is 113 Å². The second-order valence-corrected chi connectivity index (χ2v) is 4.25. The summed E-state index contributed by atoms with van der Waals surface area (Å²) in [6.45, 7) is 1.86. The topological polar surface area (TPSA) is 47.9 Å². The van der Waals surface area contributed by atoms with Gasteiger partial charge in [0.1, 0.15) is 5.75 Å². The van der Waals surface area contributed by atoms with E-state index in [1.54, 1.807) is 18.2 Å². The Balaban J connectivity index is 2.28. The summed E-state index contributed by atoms with van der Waals surface area (Å²) in [5.74, 6) is 0.547. The number of nitrogens with zero attached hydrogens (tertiary/aromatic N) is 3. The van der Waals surface area contributed by atoms with Gasteiger partial charge in [-0.3, -0.25) is 0 Å². The Kier molecular flexibility index (Phi) is 3.66. The van der Waals surface area contributed by atoms with E-state index in [0.29, 0.717) is 10.8 Å². The molecule has 0 aliphatic rings. The third-order valence-electron chi connectivity index (χ3n) is 1.90. The highest BCUT2D eigenvalue weighted by atomic mass is 35.5. The van der Waals surface area contributed by atoms with Crippen molar-refractivity contribution in [3.8, 4) is 11.8 Å². The van der Waals surface area contributed by atoms with E-state index in [1.807, 2.05) is 6.92 Å². The first-order chi connectivity index (χ1) is 8.04. The van der Waals surface area contributed by atoms with Crippen molar-refractivity contribution in [1.29, 1.82) is 0 Å². The van der Waals surface area contributed by atoms with E-state index in [9.17, 15) is 0 Å². The van der Waals surface area contributed by atoms with Crippen LogP contribution in [0.2, 0.25) is 15.6 Å². The van der Waals surface area contributed by atoms with Crippen LogP contribution in [0.15, 0.2) is 18.2 Å². The molecule has 0 unspecified atom stereocenters. The molecule has 0 amide bonds. The summed E-state index contributed by atoms with van der Waals surface area (Å²) in [5, 5.41) is 0.612. The second kappa shape index (κ2) is 5.04. The first-order valence-corrected chi connectivity index (χ1v) is 5.69. The quantitative estimate of drug-likeness (QED) is 0.840. The van der Waals surface area contributed by atoms with Crippen molar-refractivity contribution in [1.82, 2.24) is 15.0 Å². The van der Waals surface area contributed by atoms with Crippen molar-refractivity contribution in [3.05, 3.63) is 39.4 Å². The van der Waals surface area contributed by atoms with E-state index in [4.69, 9.17) is 39.5 Å². The van der Waals surface area contributed by atoms with Crippen molar-refractivity contribution in [2.45, 2.75) is 6.92 Å². The molecule has 2 rings (SSSR count). The molecule has 0 atom stereocenters. The molecule has 1 aromatic heterocycles. The molecule has 1 heterocycles. The SMILES string of the molecule is Cc1cc(Oc2nc(Cl)nc(Cl)n2)ccc1Cl. The Hall–Kier alpha value is -1.10. The molecule has 0 aliphatic heterocycles. The van der Waals surface area contributed by atoms with Crippen LogP contribution >= 0.6 is 34.8 Å². The molecule has 7 heteroatoms. The Morgan fingerprint density at radius 1 is 1.00 bits per heavy atom. The Morgan fingerprint density at radius 3 is 2.24 bits per heavy atom. The van der Waals surface area contributed by atoms with Gasteiger partial charge in [0.05, 0.1) is 0 Å². The van der Waals surface area contributed by atoms with Gasteiger partial charge in [0.2, 0.25) is 10.6 Å². The van der Waals surface area contributed by atoms with Gasteiger partial charge in [-0.2, -0.15) is 15.0 Å². The molecule has 4 nitrogen and oxygen atoms in total. The second-order valence-electron chi connectivity index (χ2n) is 3.17. The van der Waals surface area contributed by atoms with Gasteiger partial charge < -0.3 is 4.74 Å². The van der Waals surface area contributed by atoms with E-state index in [0.717, 1.165) is 5.56 Å². The minimum Gasteiger partial charge on any atom is -0.424 e. The smallest absolute Gasteiger partial charge is 0.327 e. The van der Waals surface area contributed by atoms with Crippen LogP contribution in [0, 0.1) is 6.92 Å². The first kappa shape index (κ1) is 12.4. The fraction of sp³-hybridized carbons (Fsp3) is 0.100. The van der Waals surface area contributed by atoms with Crippen LogP contribution in [-0.4, -0.2) is 15.0 Å². The van der Waals surface area contributed by atoms with Crippen molar-refractivity contribution < 1.29 is 4.74 Å². The Bertz CT molecular complexity index is 542. The van der Waals surface area contributed by atoms with E-state index in [1.165, 1.54) is 0 Å². The lowest BCUT2D eigenvalue weighted by atomic mass is 10.2. The van der Waals surface area contributed by atoms with Crippen molar-refractivity contribution >= 4 is 34.8 Å². The number of rotatable bonds is 2. The fourth-order valence-corrected chi connectivity index (χ4v) is 1.61. The standard InChI is InChI=1S/C10H6Cl3N3O/c1-5-4-6(2-3-7(5)11)17-10-15-8(12)14-9(13)16-10/h2-4H,1H3. The van der Waals surface area contributed by atoms with Gasteiger partial charge in [0.15, 0.2) is 0 Å². The van der Waals surface area contributed by atoms with Crippen LogP contribution in [0.5, 0.6) is 11.8 Å². The number of aryl methyl sites for hydroxylation is 1. The largest absolute Gasteiger partial charge is 0.424 e. The van der Waals surface area contributed by atoms with Gasteiger partial charge in [0.25, 0.3) is 0 Å². The van der Waals surface area contributed by atoms with Gasteiger partial charge in [0, 0.05) is 5.02 Å². The summed E-state index contributed by atoms with van der Waals surface area (Å²) in [4.78, 5) is 11.2. The summed E-state index contributed by atoms with van der Waals surface area (Å²) in [7, 11) is 0. The highest BCUT2D eigenvalue weighted by molar-refractivity contribution is 6.31. The van der Waals surface area contributed by atoms with Crippen LogP contribution in [0.3, 0.4) is 0 Å². The van der Waals surface area contributed by atoms with Gasteiger partial charge in [-0.05, 0) is 53.9 Å². The summed E-state index contributed by atoms with van der Waals surface area (Å²) in [5.41, 5.74) is 0.885. The monoisotopic (exact) mass is 289 g/mol. The zero-order chi connectivity index (χ0) is 12.4. The highest BCUT2D eigenvalue weighted by Gasteiger charge is 2.06. The predicted octanol–water partition coefficient (Wildman–Crippen LogP) is 3.93. The molecule has 0 fully saturated rings. The molecule has 0 aliphatic carbocycles. The van der Waals surface area contributed by atoms with Gasteiger partial charge in [-0.1, -0.05) is 11.6 Å². The molecule has 2 aromatic rings. The average Bonchev–Trinajstić information content (AvgIpc) is 2.22. The van der Waals surface area contributed by atoms with E-state index in [2.05, 4.69) is 15.0 Å². The van der Waals surface area contributed by atoms with E-state index in [-0.39, 0.29) is 16.6 Å². The maximum Gasteiger partial charge on any atom is 0.327 e. The number of hydrogen-bond acceptors (Lipinski definition) is 4. The van der Waals surface area contributed by atoms with Gasteiger partial charge in [-0.15, -0.1) is 0 Å². The van der Waals surface area contributed by atoms with Crippen LogP contribution < -0.4 is 4.74 Å². The van der Waals surface area contributed by atoms with Crippen molar-refractivity contribution in [2.75, 3.05) is 0 Å². The molecule has 0 spiro atoms. The lowest BCUT2D eigenvalue weighted by Gasteiger charge is -2.05. The maximum absolute atomic E-state index is 5.90. The highest BCUT2D eigenvalue weighted by Crippen LogP contribution is 2.24. The molecule has 0 saturated heterocycles. The molecular weight excluding hydrogens is 284 g/mol. The number of halogens is 3. The third kappa shape index (κ3) is 3.19. The third-order valence-corrected chi connectivity index (χ3v) is 2.66. The van der Waals surface area contributed by atoms with Crippen LogP contribution in [0.1, 0.15) is 5.56 Å². The Morgan fingerprint density at radius 2 is 1.65 bits per heavy atom. The number of benzene rings is 1. The van der Waals surface area contributed by atoms with Crippen molar-refractivity contribution in [2.24, 2.45) is 0 Å². The fourth-order valence-electron chi connectivity index (χ4n) is 1.14. The summed E-state index contributed by atoms with van der Waals surface area (Å²) < 4.78 is 5.39. The van der Waals surface area contributed by atoms with E-state index < -0.39 is 0 Å².